The first-order valence-electron chi connectivity index (χ1n) is 9.39. The number of fused-ring (bicyclic) bond motifs is 1. The number of amides is 1. The highest BCUT2D eigenvalue weighted by Crippen LogP contribution is 2.37. The maximum atomic E-state index is 13.2. The first-order chi connectivity index (χ1) is 13.5. The summed E-state index contributed by atoms with van der Waals surface area (Å²) >= 11 is 0. The van der Waals surface area contributed by atoms with Crippen LogP contribution in [0.5, 0.6) is 11.5 Å². The lowest BCUT2D eigenvalue weighted by molar-refractivity contribution is 0.0837. The third-order valence-corrected chi connectivity index (χ3v) is 4.68. The molecule has 142 valence electrons. The predicted molar refractivity (Wildman–Crippen MR) is 110 cm³/mol. The van der Waals surface area contributed by atoms with E-state index in [1.54, 1.807) is 4.90 Å². The number of anilines is 1. The second-order valence-electron chi connectivity index (χ2n) is 7.52. The molecule has 28 heavy (non-hydrogen) atoms. The smallest absolute Gasteiger partial charge is 0.258 e. The van der Waals surface area contributed by atoms with Gasteiger partial charge in [0.15, 0.2) is 0 Å². The highest BCUT2D eigenvalue weighted by Gasteiger charge is 2.35. The summed E-state index contributed by atoms with van der Waals surface area (Å²) in [5.74, 6) is 1.43. The topological polar surface area (TPSA) is 38.8 Å². The Balaban J connectivity index is 1.51. The fourth-order valence-electron chi connectivity index (χ4n) is 3.33. The van der Waals surface area contributed by atoms with Crippen molar-refractivity contribution >= 4 is 11.6 Å². The number of hydrogen-bond acceptors (Lipinski definition) is 3. The number of para-hydroxylation sites is 2. The highest BCUT2D eigenvalue weighted by atomic mass is 16.5. The molecule has 0 N–H and O–H groups in total. The Hall–Kier alpha value is -3.27. The molecule has 1 amide bonds. The van der Waals surface area contributed by atoms with Crippen LogP contribution in [0.3, 0.4) is 0 Å². The minimum atomic E-state index is -0.442. The number of nitrogens with zero attached hydrogens (tertiary/aromatic N) is 1. The van der Waals surface area contributed by atoms with E-state index < -0.39 is 5.60 Å². The average molecular weight is 373 g/mol. The highest BCUT2D eigenvalue weighted by molar-refractivity contribution is 6.07. The Bertz CT molecular complexity index is 965. The van der Waals surface area contributed by atoms with E-state index in [2.05, 4.69) is 0 Å². The van der Waals surface area contributed by atoms with Gasteiger partial charge in [0.1, 0.15) is 23.7 Å². The van der Waals surface area contributed by atoms with E-state index in [0.29, 0.717) is 18.7 Å². The van der Waals surface area contributed by atoms with Crippen LogP contribution in [0.2, 0.25) is 0 Å². The first kappa shape index (κ1) is 18.1. The minimum absolute atomic E-state index is 0.0431. The van der Waals surface area contributed by atoms with Crippen molar-refractivity contribution in [2.45, 2.75) is 26.1 Å². The zero-order valence-corrected chi connectivity index (χ0v) is 16.1. The van der Waals surface area contributed by atoms with Gasteiger partial charge in [-0.05, 0) is 55.8 Å². The van der Waals surface area contributed by atoms with Crippen LogP contribution < -0.4 is 14.4 Å². The summed E-state index contributed by atoms with van der Waals surface area (Å²) in [4.78, 5) is 15.0. The SMILES string of the molecule is CC1(C)CN(C(=O)c2ccc(OCc3ccccc3)cc2)c2ccccc2O1. The molecular weight excluding hydrogens is 350 g/mol. The van der Waals surface area contributed by atoms with E-state index in [1.165, 1.54) is 0 Å². The molecule has 4 rings (SSSR count). The quantitative estimate of drug-likeness (QED) is 0.640. The number of benzene rings is 3. The van der Waals surface area contributed by atoms with Gasteiger partial charge >= 0.3 is 0 Å². The van der Waals surface area contributed by atoms with E-state index in [4.69, 9.17) is 9.47 Å². The maximum Gasteiger partial charge on any atom is 0.258 e. The standard InChI is InChI=1S/C24H23NO3/c1-24(2)17-25(21-10-6-7-11-22(21)28-24)23(26)19-12-14-20(15-13-19)27-16-18-8-4-3-5-9-18/h3-15H,16-17H2,1-2H3. The summed E-state index contributed by atoms with van der Waals surface area (Å²) in [7, 11) is 0. The summed E-state index contributed by atoms with van der Waals surface area (Å²) in [5, 5.41) is 0. The van der Waals surface area contributed by atoms with Crippen molar-refractivity contribution in [3.63, 3.8) is 0 Å². The molecule has 0 saturated carbocycles. The lowest BCUT2D eigenvalue weighted by Gasteiger charge is -2.39. The maximum absolute atomic E-state index is 13.2. The van der Waals surface area contributed by atoms with E-state index in [9.17, 15) is 4.79 Å². The van der Waals surface area contributed by atoms with Crippen LogP contribution in [0.4, 0.5) is 5.69 Å². The predicted octanol–water partition coefficient (Wildman–Crippen LogP) is 5.08. The van der Waals surface area contributed by atoms with Crippen LogP contribution in [-0.2, 0) is 6.61 Å². The summed E-state index contributed by atoms with van der Waals surface area (Å²) in [6, 6.07) is 25.0. The van der Waals surface area contributed by atoms with Crippen molar-refractivity contribution in [1.82, 2.24) is 0 Å². The van der Waals surface area contributed by atoms with Crippen molar-refractivity contribution < 1.29 is 14.3 Å². The molecule has 0 aliphatic carbocycles. The van der Waals surface area contributed by atoms with Crippen LogP contribution in [-0.4, -0.2) is 18.1 Å². The molecule has 0 fully saturated rings. The van der Waals surface area contributed by atoms with Crippen molar-refractivity contribution in [1.29, 1.82) is 0 Å². The zero-order valence-electron chi connectivity index (χ0n) is 16.1. The minimum Gasteiger partial charge on any atom is -0.489 e. The Kier molecular flexibility index (Phi) is 4.78. The summed E-state index contributed by atoms with van der Waals surface area (Å²) in [6.45, 7) is 4.97. The summed E-state index contributed by atoms with van der Waals surface area (Å²) in [5.41, 5.74) is 2.09. The normalized spacial score (nSPS) is 14.7. The van der Waals surface area contributed by atoms with Gasteiger partial charge in [0.05, 0.1) is 12.2 Å². The fraction of sp³-hybridized carbons (Fsp3) is 0.208. The van der Waals surface area contributed by atoms with E-state index in [0.717, 1.165) is 22.7 Å². The van der Waals surface area contributed by atoms with Gasteiger partial charge in [0.2, 0.25) is 0 Å². The molecule has 4 heteroatoms. The summed E-state index contributed by atoms with van der Waals surface area (Å²) in [6.07, 6.45) is 0. The Labute approximate surface area is 165 Å². The van der Waals surface area contributed by atoms with Crippen LogP contribution >= 0.6 is 0 Å². The van der Waals surface area contributed by atoms with Crippen LogP contribution in [0.1, 0.15) is 29.8 Å². The molecule has 0 radical (unpaired) electrons. The van der Waals surface area contributed by atoms with Crippen molar-refractivity contribution in [2.24, 2.45) is 0 Å². The molecule has 0 unspecified atom stereocenters. The molecule has 0 bridgehead atoms. The molecule has 1 heterocycles. The molecule has 3 aromatic rings. The van der Waals surface area contributed by atoms with Gasteiger partial charge in [0.25, 0.3) is 5.91 Å². The number of ether oxygens (including phenoxy) is 2. The summed E-state index contributed by atoms with van der Waals surface area (Å²) < 4.78 is 11.8. The van der Waals surface area contributed by atoms with Gasteiger partial charge in [-0.2, -0.15) is 0 Å². The Morgan fingerprint density at radius 3 is 2.39 bits per heavy atom. The van der Waals surface area contributed by atoms with Gasteiger partial charge < -0.3 is 14.4 Å². The molecule has 1 aliphatic heterocycles. The molecule has 4 nitrogen and oxygen atoms in total. The Morgan fingerprint density at radius 1 is 0.964 bits per heavy atom. The lowest BCUT2D eigenvalue weighted by Crippen LogP contribution is -2.49. The van der Waals surface area contributed by atoms with Crippen LogP contribution in [0.15, 0.2) is 78.9 Å². The zero-order chi connectivity index (χ0) is 19.6. The third kappa shape index (κ3) is 3.86. The number of carbonyl (C=O) groups is 1. The first-order valence-corrected chi connectivity index (χ1v) is 9.39. The van der Waals surface area contributed by atoms with Gasteiger partial charge in [-0.3, -0.25) is 4.79 Å². The molecule has 0 saturated heterocycles. The van der Waals surface area contributed by atoms with E-state index in [1.807, 2.05) is 92.7 Å². The molecule has 1 aliphatic rings. The van der Waals surface area contributed by atoms with E-state index >= 15 is 0 Å². The van der Waals surface area contributed by atoms with Crippen molar-refractivity contribution in [3.8, 4) is 11.5 Å². The van der Waals surface area contributed by atoms with Crippen molar-refractivity contribution in [2.75, 3.05) is 11.4 Å². The van der Waals surface area contributed by atoms with Crippen LogP contribution in [0, 0.1) is 0 Å². The third-order valence-electron chi connectivity index (χ3n) is 4.68. The average Bonchev–Trinajstić information content (AvgIpc) is 2.71. The van der Waals surface area contributed by atoms with Gasteiger partial charge in [-0.25, -0.2) is 0 Å². The van der Waals surface area contributed by atoms with E-state index in [-0.39, 0.29) is 5.91 Å². The Morgan fingerprint density at radius 2 is 1.64 bits per heavy atom. The fourth-order valence-corrected chi connectivity index (χ4v) is 3.33. The number of hydrogen-bond donors (Lipinski definition) is 0. The van der Waals surface area contributed by atoms with Crippen molar-refractivity contribution in [3.05, 3.63) is 90.0 Å². The number of carbonyl (C=O) groups excluding carboxylic acids is 1. The second kappa shape index (κ2) is 7.39. The molecule has 0 aromatic heterocycles. The van der Waals surface area contributed by atoms with Gasteiger partial charge in [0, 0.05) is 5.56 Å². The molecule has 3 aromatic carbocycles. The number of rotatable bonds is 4. The van der Waals surface area contributed by atoms with Crippen LogP contribution in [0.25, 0.3) is 0 Å². The second-order valence-corrected chi connectivity index (χ2v) is 7.52. The largest absolute Gasteiger partial charge is 0.489 e. The van der Waals surface area contributed by atoms with Gasteiger partial charge in [-0.1, -0.05) is 42.5 Å². The molecular formula is C24H23NO3. The monoisotopic (exact) mass is 373 g/mol. The van der Waals surface area contributed by atoms with Gasteiger partial charge in [-0.15, -0.1) is 0 Å². The lowest BCUT2D eigenvalue weighted by atomic mass is 10.0. The molecule has 0 spiro atoms. The molecule has 0 atom stereocenters.